The van der Waals surface area contributed by atoms with Gasteiger partial charge in [-0.25, -0.2) is 0 Å². The Bertz CT molecular complexity index is 1020. The van der Waals surface area contributed by atoms with Crippen molar-refractivity contribution in [3.8, 4) is 0 Å². The fourth-order valence-corrected chi connectivity index (χ4v) is 5.95. The van der Waals surface area contributed by atoms with Crippen molar-refractivity contribution in [1.29, 1.82) is 0 Å². The molecule has 36 heavy (non-hydrogen) atoms. The lowest BCUT2D eigenvalue weighted by molar-refractivity contribution is -0.140. The first-order valence-corrected chi connectivity index (χ1v) is 13.2. The van der Waals surface area contributed by atoms with E-state index in [1.807, 2.05) is 27.3 Å². The fourth-order valence-electron chi connectivity index (χ4n) is 5.26. The van der Waals surface area contributed by atoms with Crippen molar-refractivity contribution in [3.05, 3.63) is 52.2 Å². The lowest BCUT2D eigenvalue weighted by Gasteiger charge is -2.40. The van der Waals surface area contributed by atoms with Crippen LogP contribution in [0.1, 0.15) is 29.7 Å². The number of piperidine rings is 1. The van der Waals surface area contributed by atoms with Gasteiger partial charge in [-0.15, -0.1) is 11.3 Å². The molecule has 2 fully saturated rings. The van der Waals surface area contributed by atoms with Gasteiger partial charge in [0.25, 0.3) is 0 Å². The number of benzene rings is 1. The van der Waals surface area contributed by atoms with Crippen LogP contribution in [-0.2, 0) is 22.2 Å². The van der Waals surface area contributed by atoms with E-state index in [9.17, 15) is 27.9 Å². The molecule has 0 saturated carbocycles. The largest absolute Gasteiger partial charge is 0.481 e. The molecule has 0 aliphatic carbocycles. The molecule has 2 aliphatic rings. The van der Waals surface area contributed by atoms with Gasteiger partial charge in [0.15, 0.2) is 0 Å². The molecule has 0 spiro atoms. The number of carboxylic acids is 1. The Hall–Kier alpha value is -2.59. The van der Waals surface area contributed by atoms with Gasteiger partial charge in [-0.1, -0.05) is 12.1 Å². The van der Waals surface area contributed by atoms with Gasteiger partial charge in [0, 0.05) is 56.3 Å². The Morgan fingerprint density at radius 1 is 1.03 bits per heavy atom. The number of likely N-dealkylation sites (tertiary alicyclic amines) is 1. The van der Waals surface area contributed by atoms with E-state index >= 15 is 0 Å². The molecule has 1 N–H and O–H groups in total. The van der Waals surface area contributed by atoms with Crippen molar-refractivity contribution in [2.75, 3.05) is 50.7 Å². The molecule has 2 aromatic rings. The minimum absolute atomic E-state index is 0.0414. The maximum Gasteiger partial charge on any atom is 0.416 e. The van der Waals surface area contributed by atoms with Crippen molar-refractivity contribution >= 4 is 28.9 Å². The minimum atomic E-state index is -4.36. The van der Waals surface area contributed by atoms with E-state index in [2.05, 4.69) is 4.90 Å². The van der Waals surface area contributed by atoms with Crippen LogP contribution in [0.15, 0.2) is 41.8 Å². The number of amides is 1. The van der Waals surface area contributed by atoms with Gasteiger partial charge in [-0.3, -0.25) is 14.5 Å². The second kappa shape index (κ2) is 11.6. The fraction of sp³-hybridized carbons (Fsp3) is 0.538. The molecule has 6 nitrogen and oxygen atoms in total. The molecule has 196 valence electrons. The summed E-state index contributed by atoms with van der Waals surface area (Å²) in [5.41, 5.74) is -0.0550. The number of carbonyl (C=O) groups is 2. The number of carbonyl (C=O) groups excluding carboxylic acids is 1. The summed E-state index contributed by atoms with van der Waals surface area (Å²) < 4.78 is 39.2. The Kier molecular flexibility index (Phi) is 8.56. The van der Waals surface area contributed by atoms with Crippen molar-refractivity contribution < 1.29 is 27.9 Å². The van der Waals surface area contributed by atoms with Crippen molar-refractivity contribution in [3.63, 3.8) is 0 Å². The Morgan fingerprint density at radius 3 is 2.47 bits per heavy atom. The molecule has 1 aromatic heterocycles. The van der Waals surface area contributed by atoms with Gasteiger partial charge in [-0.2, -0.15) is 13.2 Å². The normalized spacial score (nSPS) is 21.5. The number of rotatable bonds is 8. The number of piperazine rings is 1. The van der Waals surface area contributed by atoms with E-state index in [-0.39, 0.29) is 24.2 Å². The first kappa shape index (κ1) is 26.5. The lowest BCUT2D eigenvalue weighted by Crippen LogP contribution is -2.49. The third-order valence-corrected chi connectivity index (χ3v) is 8.19. The molecule has 1 amide bonds. The van der Waals surface area contributed by atoms with Gasteiger partial charge < -0.3 is 14.9 Å². The molecule has 0 bridgehead atoms. The third kappa shape index (κ3) is 7.00. The average Bonchev–Trinajstić information content (AvgIpc) is 3.36. The second-order valence-corrected chi connectivity index (χ2v) is 10.7. The van der Waals surface area contributed by atoms with Crippen LogP contribution < -0.4 is 4.90 Å². The third-order valence-electron chi connectivity index (χ3n) is 7.31. The molecule has 2 atom stereocenters. The molecule has 2 saturated heterocycles. The van der Waals surface area contributed by atoms with Crippen LogP contribution in [0.2, 0.25) is 0 Å². The highest BCUT2D eigenvalue weighted by Crippen LogP contribution is 2.33. The molecular formula is C26H32F3N3O3S. The topological polar surface area (TPSA) is 64.1 Å². The standard InChI is InChI=1S/C26H32F3N3O3S/c27-26(28,29)21-3-1-4-22(16-21)31-12-10-30(11-13-31)8-6-20-18-32(9-7-19(20)15-25(34)35)24(33)17-23-5-2-14-36-23/h1-5,14,16,19-20H,6-13,15,17-18H2,(H,34,35)/t19-,20+/m0/s1. The molecular weight excluding hydrogens is 491 g/mol. The molecule has 3 heterocycles. The predicted octanol–water partition coefficient (Wildman–Crippen LogP) is 4.46. The van der Waals surface area contributed by atoms with Crippen LogP contribution in [-0.4, -0.2) is 72.6 Å². The zero-order valence-electron chi connectivity index (χ0n) is 20.1. The van der Waals surface area contributed by atoms with Gasteiger partial charge in [0.2, 0.25) is 5.91 Å². The highest BCUT2D eigenvalue weighted by Gasteiger charge is 2.34. The van der Waals surface area contributed by atoms with Crippen LogP contribution >= 0.6 is 11.3 Å². The van der Waals surface area contributed by atoms with Crippen LogP contribution in [0.3, 0.4) is 0 Å². The summed E-state index contributed by atoms with van der Waals surface area (Å²) in [6.07, 6.45) is -2.38. The number of alkyl halides is 3. The first-order valence-electron chi connectivity index (χ1n) is 12.4. The number of hydrogen-bond donors (Lipinski definition) is 1. The maximum atomic E-state index is 13.1. The monoisotopic (exact) mass is 523 g/mol. The quantitative estimate of drug-likeness (QED) is 0.554. The van der Waals surface area contributed by atoms with Crippen LogP contribution in [0, 0.1) is 11.8 Å². The molecule has 1 aromatic carbocycles. The first-order chi connectivity index (χ1) is 17.2. The summed E-state index contributed by atoms with van der Waals surface area (Å²) in [7, 11) is 0. The van der Waals surface area contributed by atoms with Crippen molar-refractivity contribution in [2.24, 2.45) is 11.8 Å². The van der Waals surface area contributed by atoms with Crippen molar-refractivity contribution in [1.82, 2.24) is 9.80 Å². The number of halogens is 3. The number of hydrogen-bond acceptors (Lipinski definition) is 5. The number of aliphatic carboxylic acids is 1. The molecule has 2 aliphatic heterocycles. The van der Waals surface area contributed by atoms with E-state index < -0.39 is 17.7 Å². The SMILES string of the molecule is O=C(O)C[C@@H]1CCN(C(=O)Cc2cccs2)C[C@H]1CCN1CCN(c2cccc(C(F)(F)F)c2)CC1. The van der Waals surface area contributed by atoms with Crippen LogP contribution in [0.4, 0.5) is 18.9 Å². The lowest BCUT2D eigenvalue weighted by atomic mass is 9.81. The number of anilines is 1. The zero-order chi connectivity index (χ0) is 25.7. The van der Waals surface area contributed by atoms with E-state index in [1.54, 1.807) is 17.4 Å². The summed E-state index contributed by atoms with van der Waals surface area (Å²) in [6.45, 7) is 4.68. The summed E-state index contributed by atoms with van der Waals surface area (Å²) in [5.74, 6) is -0.563. The summed E-state index contributed by atoms with van der Waals surface area (Å²) >= 11 is 1.56. The van der Waals surface area contributed by atoms with Crippen LogP contribution in [0.25, 0.3) is 0 Å². The molecule has 10 heteroatoms. The Labute approximate surface area is 213 Å². The summed E-state index contributed by atoms with van der Waals surface area (Å²) in [6, 6.07) is 9.34. The Morgan fingerprint density at radius 2 is 1.81 bits per heavy atom. The number of nitrogens with zero attached hydrogens (tertiary/aromatic N) is 3. The Balaban J connectivity index is 1.30. The summed E-state index contributed by atoms with van der Waals surface area (Å²) in [5, 5.41) is 11.3. The summed E-state index contributed by atoms with van der Waals surface area (Å²) in [4.78, 5) is 31.4. The predicted molar refractivity (Wildman–Crippen MR) is 133 cm³/mol. The average molecular weight is 524 g/mol. The zero-order valence-corrected chi connectivity index (χ0v) is 20.9. The number of thiophene rings is 1. The van der Waals surface area contributed by atoms with E-state index in [0.717, 1.165) is 37.0 Å². The number of carboxylic acid groups (broad SMARTS) is 1. The second-order valence-electron chi connectivity index (χ2n) is 9.67. The smallest absolute Gasteiger partial charge is 0.416 e. The van der Waals surface area contributed by atoms with E-state index in [4.69, 9.17) is 0 Å². The van der Waals surface area contributed by atoms with Gasteiger partial charge in [0.1, 0.15) is 0 Å². The highest BCUT2D eigenvalue weighted by molar-refractivity contribution is 7.10. The van der Waals surface area contributed by atoms with Gasteiger partial charge in [-0.05, 0) is 60.9 Å². The van der Waals surface area contributed by atoms with E-state index in [1.165, 1.54) is 12.1 Å². The van der Waals surface area contributed by atoms with E-state index in [0.29, 0.717) is 44.7 Å². The molecule has 0 radical (unpaired) electrons. The van der Waals surface area contributed by atoms with Crippen molar-refractivity contribution in [2.45, 2.75) is 31.9 Å². The molecule has 4 rings (SSSR count). The van der Waals surface area contributed by atoms with Gasteiger partial charge >= 0.3 is 12.1 Å². The maximum absolute atomic E-state index is 13.1. The van der Waals surface area contributed by atoms with Gasteiger partial charge in [0.05, 0.1) is 12.0 Å². The minimum Gasteiger partial charge on any atom is -0.481 e. The highest BCUT2D eigenvalue weighted by atomic mass is 32.1. The molecule has 0 unspecified atom stereocenters. The van der Waals surface area contributed by atoms with Crippen LogP contribution in [0.5, 0.6) is 0 Å².